The average Bonchev–Trinajstić information content (AvgIpc) is 2.02. The molecule has 0 aliphatic rings. The summed E-state index contributed by atoms with van der Waals surface area (Å²) in [6, 6.07) is 5.07. The Labute approximate surface area is 93.7 Å². The highest BCUT2D eigenvalue weighted by molar-refractivity contribution is 6.36. The van der Waals surface area contributed by atoms with E-state index < -0.39 is 5.60 Å². The molecular formula is C11H10Cl2O. The summed E-state index contributed by atoms with van der Waals surface area (Å²) >= 11 is 11.9. The normalized spacial score (nSPS) is 14.5. The van der Waals surface area contributed by atoms with Gasteiger partial charge in [-0.15, -0.1) is 12.3 Å². The summed E-state index contributed by atoms with van der Waals surface area (Å²) in [5.41, 5.74) is -0.689. The zero-order valence-electron chi connectivity index (χ0n) is 7.72. The van der Waals surface area contributed by atoms with Crippen molar-refractivity contribution in [1.29, 1.82) is 0 Å². The van der Waals surface area contributed by atoms with Crippen LogP contribution in [0.25, 0.3) is 0 Å². The fraction of sp³-hybridized carbons (Fsp3) is 0.273. The fourth-order valence-electron chi connectivity index (χ4n) is 1.30. The first kappa shape index (κ1) is 11.4. The molecule has 0 aliphatic heterocycles. The van der Waals surface area contributed by atoms with Gasteiger partial charge in [-0.25, -0.2) is 0 Å². The van der Waals surface area contributed by atoms with Gasteiger partial charge in [-0.05, 0) is 19.1 Å². The van der Waals surface area contributed by atoms with Crippen molar-refractivity contribution in [3.63, 3.8) is 0 Å². The molecule has 3 heteroatoms. The highest BCUT2D eigenvalue weighted by Crippen LogP contribution is 2.35. The molecule has 1 unspecified atom stereocenters. The quantitative estimate of drug-likeness (QED) is 0.772. The molecule has 0 radical (unpaired) electrons. The van der Waals surface area contributed by atoms with Gasteiger partial charge in [0.2, 0.25) is 0 Å². The molecule has 0 spiro atoms. The summed E-state index contributed by atoms with van der Waals surface area (Å²) in [5, 5.41) is 10.9. The molecular weight excluding hydrogens is 219 g/mol. The maximum Gasteiger partial charge on any atom is 0.101 e. The first-order chi connectivity index (χ1) is 6.49. The molecule has 1 nitrogen and oxygen atoms in total. The van der Waals surface area contributed by atoms with E-state index in [0.29, 0.717) is 15.6 Å². The van der Waals surface area contributed by atoms with Gasteiger partial charge < -0.3 is 5.11 Å². The molecule has 0 heterocycles. The number of aliphatic hydroxyl groups is 1. The van der Waals surface area contributed by atoms with E-state index in [4.69, 9.17) is 29.6 Å². The Hall–Kier alpha value is -0.680. The monoisotopic (exact) mass is 228 g/mol. The van der Waals surface area contributed by atoms with Crippen molar-refractivity contribution < 1.29 is 5.11 Å². The molecule has 14 heavy (non-hydrogen) atoms. The molecule has 1 aromatic rings. The smallest absolute Gasteiger partial charge is 0.101 e. The summed E-state index contributed by atoms with van der Waals surface area (Å²) in [4.78, 5) is 0. The Morgan fingerprint density at radius 1 is 1.43 bits per heavy atom. The van der Waals surface area contributed by atoms with Gasteiger partial charge in [0.15, 0.2) is 0 Å². The van der Waals surface area contributed by atoms with Crippen LogP contribution in [0.4, 0.5) is 0 Å². The second-order valence-corrected chi connectivity index (χ2v) is 4.07. The van der Waals surface area contributed by atoms with E-state index in [9.17, 15) is 5.11 Å². The van der Waals surface area contributed by atoms with Crippen molar-refractivity contribution in [1.82, 2.24) is 0 Å². The zero-order chi connectivity index (χ0) is 10.8. The number of hydrogen-bond donors (Lipinski definition) is 1. The van der Waals surface area contributed by atoms with Gasteiger partial charge in [0.1, 0.15) is 5.60 Å². The van der Waals surface area contributed by atoms with E-state index in [1.807, 2.05) is 0 Å². The van der Waals surface area contributed by atoms with E-state index in [1.165, 1.54) is 0 Å². The van der Waals surface area contributed by atoms with Crippen molar-refractivity contribution in [2.24, 2.45) is 0 Å². The van der Waals surface area contributed by atoms with Gasteiger partial charge in [0, 0.05) is 22.0 Å². The minimum absolute atomic E-state index is 0.177. The van der Waals surface area contributed by atoms with Gasteiger partial charge in [-0.1, -0.05) is 29.3 Å². The minimum Gasteiger partial charge on any atom is -0.384 e. The molecule has 1 rings (SSSR count). The van der Waals surface area contributed by atoms with Gasteiger partial charge in [-0.3, -0.25) is 0 Å². The highest BCUT2D eigenvalue weighted by atomic mass is 35.5. The lowest BCUT2D eigenvalue weighted by Crippen LogP contribution is -2.21. The van der Waals surface area contributed by atoms with Gasteiger partial charge >= 0.3 is 0 Å². The fourth-order valence-corrected chi connectivity index (χ4v) is 2.10. The van der Waals surface area contributed by atoms with Crippen LogP contribution in [0, 0.1) is 12.3 Å². The third-order valence-electron chi connectivity index (χ3n) is 1.95. The van der Waals surface area contributed by atoms with Crippen LogP contribution < -0.4 is 0 Å². The molecule has 0 saturated heterocycles. The number of rotatable bonds is 2. The maximum atomic E-state index is 10.0. The average molecular weight is 229 g/mol. The summed E-state index contributed by atoms with van der Waals surface area (Å²) in [5.74, 6) is 2.39. The highest BCUT2D eigenvalue weighted by Gasteiger charge is 2.27. The van der Waals surface area contributed by atoms with Crippen LogP contribution in [-0.2, 0) is 5.60 Å². The molecule has 0 fully saturated rings. The van der Waals surface area contributed by atoms with Crippen LogP contribution >= 0.6 is 23.2 Å². The van der Waals surface area contributed by atoms with Crippen LogP contribution in [0.1, 0.15) is 18.9 Å². The molecule has 1 aromatic carbocycles. The van der Waals surface area contributed by atoms with E-state index in [1.54, 1.807) is 25.1 Å². The van der Waals surface area contributed by atoms with Crippen molar-refractivity contribution in [3.8, 4) is 12.3 Å². The summed E-state index contributed by atoms with van der Waals surface area (Å²) in [7, 11) is 0. The Bertz CT molecular complexity index is 357. The zero-order valence-corrected chi connectivity index (χ0v) is 9.23. The molecule has 1 N–H and O–H groups in total. The Balaban J connectivity index is 3.25. The van der Waals surface area contributed by atoms with Gasteiger partial charge in [0.05, 0.1) is 0 Å². The molecule has 74 valence electrons. The van der Waals surface area contributed by atoms with Crippen LogP contribution in [0.15, 0.2) is 18.2 Å². The van der Waals surface area contributed by atoms with E-state index in [0.717, 1.165) is 0 Å². The minimum atomic E-state index is -1.18. The first-order valence-corrected chi connectivity index (χ1v) is 4.85. The Morgan fingerprint density at radius 2 is 1.93 bits per heavy atom. The van der Waals surface area contributed by atoms with Gasteiger partial charge in [-0.2, -0.15) is 0 Å². The van der Waals surface area contributed by atoms with Crippen molar-refractivity contribution >= 4 is 23.2 Å². The van der Waals surface area contributed by atoms with Crippen molar-refractivity contribution in [2.75, 3.05) is 0 Å². The molecule has 1 atom stereocenters. The lowest BCUT2D eigenvalue weighted by Gasteiger charge is -2.23. The first-order valence-electron chi connectivity index (χ1n) is 4.09. The second-order valence-electron chi connectivity index (χ2n) is 3.25. The second kappa shape index (κ2) is 4.23. The largest absolute Gasteiger partial charge is 0.384 e. The van der Waals surface area contributed by atoms with Crippen molar-refractivity contribution in [2.45, 2.75) is 18.9 Å². The number of benzene rings is 1. The summed E-state index contributed by atoms with van der Waals surface area (Å²) in [6.07, 6.45) is 5.33. The standard InChI is InChI=1S/C11H10Cl2O/c1-3-7-11(2,14)10-8(12)5-4-6-9(10)13/h1,4-6,14H,7H2,2H3. The predicted octanol–water partition coefficient (Wildman–Crippen LogP) is 3.22. The van der Waals surface area contributed by atoms with Gasteiger partial charge in [0.25, 0.3) is 0 Å². The molecule has 0 bridgehead atoms. The lowest BCUT2D eigenvalue weighted by molar-refractivity contribution is 0.0632. The maximum absolute atomic E-state index is 10.0. The SMILES string of the molecule is C#CCC(C)(O)c1c(Cl)cccc1Cl. The number of halogens is 2. The van der Waals surface area contributed by atoms with Crippen LogP contribution in [0.2, 0.25) is 10.0 Å². The Morgan fingerprint density at radius 3 is 2.36 bits per heavy atom. The lowest BCUT2D eigenvalue weighted by atomic mass is 9.93. The number of hydrogen-bond acceptors (Lipinski definition) is 1. The molecule has 0 saturated carbocycles. The number of terminal acetylenes is 1. The van der Waals surface area contributed by atoms with Crippen LogP contribution in [0.3, 0.4) is 0 Å². The van der Waals surface area contributed by atoms with Crippen LogP contribution in [-0.4, -0.2) is 5.11 Å². The molecule has 0 amide bonds. The summed E-state index contributed by atoms with van der Waals surface area (Å²) in [6.45, 7) is 1.60. The van der Waals surface area contributed by atoms with E-state index >= 15 is 0 Å². The molecule has 0 aromatic heterocycles. The summed E-state index contributed by atoms with van der Waals surface area (Å²) < 4.78 is 0. The predicted molar refractivity (Wildman–Crippen MR) is 59.5 cm³/mol. The third-order valence-corrected chi connectivity index (χ3v) is 2.58. The van der Waals surface area contributed by atoms with E-state index in [2.05, 4.69) is 5.92 Å². The van der Waals surface area contributed by atoms with Crippen molar-refractivity contribution in [3.05, 3.63) is 33.8 Å². The van der Waals surface area contributed by atoms with Crippen LogP contribution in [0.5, 0.6) is 0 Å². The topological polar surface area (TPSA) is 20.2 Å². The van der Waals surface area contributed by atoms with E-state index in [-0.39, 0.29) is 6.42 Å². The molecule has 0 aliphatic carbocycles. The third kappa shape index (κ3) is 2.22. The Kier molecular flexibility index (Phi) is 3.44.